The van der Waals surface area contributed by atoms with Gasteiger partial charge in [0, 0.05) is 21.1 Å². The van der Waals surface area contributed by atoms with Crippen LogP contribution in [0.2, 0.25) is 0 Å². The molecule has 1 amide bonds. The summed E-state index contributed by atoms with van der Waals surface area (Å²) in [7, 11) is 0. The van der Waals surface area contributed by atoms with Gasteiger partial charge in [-0.15, -0.1) is 0 Å². The summed E-state index contributed by atoms with van der Waals surface area (Å²) in [5, 5.41) is 22.8. The van der Waals surface area contributed by atoms with Gasteiger partial charge in [0.2, 0.25) is 0 Å². The van der Waals surface area contributed by atoms with Gasteiger partial charge < -0.3 is 10.4 Å². The summed E-state index contributed by atoms with van der Waals surface area (Å²) in [5.74, 6) is -0.743. The molecule has 0 aliphatic heterocycles. The summed E-state index contributed by atoms with van der Waals surface area (Å²) >= 11 is 6.53. The van der Waals surface area contributed by atoms with Gasteiger partial charge in [0.15, 0.2) is 0 Å². The quantitative estimate of drug-likeness (QED) is 0.448. The maximum atomic E-state index is 12.1. The van der Waals surface area contributed by atoms with Gasteiger partial charge in [0.25, 0.3) is 11.6 Å². The lowest BCUT2D eigenvalue weighted by Gasteiger charge is -2.08. The molecule has 2 aromatic carbocycles. The zero-order chi connectivity index (χ0) is 15.6. The zero-order valence-electron chi connectivity index (χ0n) is 10.3. The van der Waals surface area contributed by atoms with Crippen LogP contribution in [0.25, 0.3) is 0 Å². The molecular weight excluding hydrogens is 408 g/mol. The van der Waals surface area contributed by atoms with Crippen molar-refractivity contribution in [2.45, 2.75) is 0 Å². The summed E-state index contributed by atoms with van der Waals surface area (Å²) < 4.78 is 1.35. The number of hydrogen-bond donors (Lipinski definition) is 2. The van der Waals surface area contributed by atoms with E-state index in [1.54, 1.807) is 18.2 Å². The van der Waals surface area contributed by atoms with Crippen molar-refractivity contribution in [3.63, 3.8) is 0 Å². The number of nitro groups is 1. The van der Waals surface area contributed by atoms with E-state index in [0.717, 1.165) is 22.7 Å². The molecular formula is C13H8Br2N2O4. The second kappa shape index (κ2) is 6.23. The Morgan fingerprint density at radius 1 is 1.19 bits per heavy atom. The molecule has 0 fully saturated rings. The van der Waals surface area contributed by atoms with Crippen molar-refractivity contribution in [3.05, 3.63) is 61.0 Å². The van der Waals surface area contributed by atoms with Crippen molar-refractivity contribution in [1.82, 2.24) is 0 Å². The molecule has 0 bridgehead atoms. The lowest BCUT2D eigenvalue weighted by Crippen LogP contribution is -2.12. The highest BCUT2D eigenvalue weighted by Gasteiger charge is 2.15. The number of hydrogen-bond acceptors (Lipinski definition) is 4. The number of anilines is 1. The van der Waals surface area contributed by atoms with Gasteiger partial charge >= 0.3 is 0 Å². The Bertz CT molecular complexity index is 734. The number of nitrogens with zero attached hydrogens (tertiary/aromatic N) is 1. The number of phenolic OH excluding ortho intramolecular Hbond substituents is 1. The minimum atomic E-state index is -0.607. The van der Waals surface area contributed by atoms with E-state index in [2.05, 4.69) is 37.2 Å². The van der Waals surface area contributed by atoms with Crippen molar-refractivity contribution >= 4 is 49.1 Å². The van der Waals surface area contributed by atoms with Crippen LogP contribution in [0.3, 0.4) is 0 Å². The highest BCUT2D eigenvalue weighted by atomic mass is 79.9. The van der Waals surface area contributed by atoms with E-state index in [0.29, 0.717) is 10.0 Å². The summed E-state index contributed by atoms with van der Waals surface area (Å²) in [6.07, 6.45) is 0. The predicted octanol–water partition coefficient (Wildman–Crippen LogP) is 4.08. The van der Waals surface area contributed by atoms with Crippen LogP contribution in [-0.4, -0.2) is 15.9 Å². The van der Waals surface area contributed by atoms with E-state index in [1.807, 2.05) is 0 Å². The molecule has 2 rings (SSSR count). The number of amides is 1. The highest BCUT2D eigenvalue weighted by molar-refractivity contribution is 9.11. The average Bonchev–Trinajstić information content (AvgIpc) is 2.40. The van der Waals surface area contributed by atoms with E-state index in [4.69, 9.17) is 0 Å². The van der Waals surface area contributed by atoms with Crippen molar-refractivity contribution < 1.29 is 14.8 Å². The largest absolute Gasteiger partial charge is 0.506 e. The maximum Gasteiger partial charge on any atom is 0.271 e. The molecule has 2 N–H and O–H groups in total. The Kier molecular flexibility index (Phi) is 4.59. The van der Waals surface area contributed by atoms with Crippen molar-refractivity contribution in [2.24, 2.45) is 0 Å². The molecule has 6 nitrogen and oxygen atoms in total. The number of benzene rings is 2. The van der Waals surface area contributed by atoms with Crippen LogP contribution in [0.4, 0.5) is 11.4 Å². The Morgan fingerprint density at radius 3 is 2.52 bits per heavy atom. The number of phenols is 1. The third-order valence-electron chi connectivity index (χ3n) is 2.61. The molecule has 0 atom stereocenters. The first-order valence-corrected chi connectivity index (χ1v) is 7.21. The van der Waals surface area contributed by atoms with Gasteiger partial charge in [-0.3, -0.25) is 14.9 Å². The summed E-state index contributed by atoms with van der Waals surface area (Å²) in [6.45, 7) is 0. The first kappa shape index (κ1) is 15.5. The van der Waals surface area contributed by atoms with E-state index < -0.39 is 10.8 Å². The van der Waals surface area contributed by atoms with Crippen LogP contribution in [-0.2, 0) is 0 Å². The number of aromatic hydroxyl groups is 1. The number of rotatable bonds is 3. The number of nitrogens with one attached hydrogen (secondary N) is 1. The van der Waals surface area contributed by atoms with Crippen molar-refractivity contribution in [2.75, 3.05) is 5.32 Å². The first-order valence-electron chi connectivity index (χ1n) is 5.62. The molecule has 0 heterocycles. The molecule has 2 aromatic rings. The Morgan fingerprint density at radius 2 is 1.90 bits per heavy atom. The van der Waals surface area contributed by atoms with Gasteiger partial charge in [0.05, 0.1) is 16.2 Å². The maximum absolute atomic E-state index is 12.1. The van der Waals surface area contributed by atoms with Crippen LogP contribution >= 0.6 is 31.9 Å². The molecule has 0 aromatic heterocycles. The van der Waals surface area contributed by atoms with Gasteiger partial charge in [-0.05, 0) is 40.2 Å². The van der Waals surface area contributed by atoms with Gasteiger partial charge in [-0.2, -0.15) is 0 Å². The molecule has 0 radical (unpaired) electrons. The van der Waals surface area contributed by atoms with E-state index in [1.165, 1.54) is 0 Å². The van der Waals surface area contributed by atoms with E-state index >= 15 is 0 Å². The third kappa shape index (κ3) is 3.59. The number of halogens is 2. The van der Waals surface area contributed by atoms with Crippen molar-refractivity contribution in [1.29, 1.82) is 0 Å². The molecule has 0 unspecified atom stereocenters. The van der Waals surface area contributed by atoms with Crippen LogP contribution in [0.5, 0.6) is 5.75 Å². The monoisotopic (exact) mass is 414 g/mol. The SMILES string of the molecule is O=C(Nc1cc([N+](=O)[O-])ccc1O)c1ccc(Br)cc1Br. The topological polar surface area (TPSA) is 92.5 Å². The Hall–Kier alpha value is -1.93. The van der Waals surface area contributed by atoms with Gasteiger partial charge in [-0.1, -0.05) is 15.9 Å². The molecule has 0 saturated heterocycles. The molecule has 0 saturated carbocycles. The Labute approximate surface area is 136 Å². The lowest BCUT2D eigenvalue weighted by atomic mass is 10.2. The first-order chi connectivity index (χ1) is 9.88. The molecule has 0 spiro atoms. The number of non-ortho nitro benzene ring substituents is 1. The number of carbonyl (C=O) groups is 1. The second-order valence-corrected chi connectivity index (χ2v) is 5.81. The van der Waals surface area contributed by atoms with Gasteiger partial charge in [-0.25, -0.2) is 0 Å². The molecule has 108 valence electrons. The standard InChI is InChI=1S/C13H8Br2N2O4/c14-7-1-3-9(10(15)5-7)13(19)16-11-6-8(17(20)21)2-4-12(11)18/h1-6,18H,(H,16,19). The Balaban J connectivity index is 2.31. The predicted molar refractivity (Wildman–Crippen MR) is 84.6 cm³/mol. The van der Waals surface area contributed by atoms with Crippen LogP contribution in [0, 0.1) is 10.1 Å². The normalized spacial score (nSPS) is 10.2. The highest BCUT2D eigenvalue weighted by Crippen LogP contribution is 2.29. The minimum absolute atomic E-state index is 0.0241. The second-order valence-electron chi connectivity index (χ2n) is 4.04. The van der Waals surface area contributed by atoms with Crippen molar-refractivity contribution in [3.8, 4) is 5.75 Å². The summed E-state index contributed by atoms with van der Waals surface area (Å²) in [6, 6.07) is 8.37. The fourth-order valence-electron chi connectivity index (χ4n) is 1.60. The fraction of sp³-hybridized carbons (Fsp3) is 0. The smallest absolute Gasteiger partial charge is 0.271 e. The minimum Gasteiger partial charge on any atom is -0.506 e. The molecule has 21 heavy (non-hydrogen) atoms. The number of nitro benzene ring substituents is 1. The summed E-state index contributed by atoms with van der Waals surface area (Å²) in [4.78, 5) is 22.2. The average molecular weight is 416 g/mol. The zero-order valence-corrected chi connectivity index (χ0v) is 13.5. The number of carbonyl (C=O) groups excluding carboxylic acids is 1. The van der Waals surface area contributed by atoms with Crippen LogP contribution in [0.15, 0.2) is 45.3 Å². The third-order valence-corrected chi connectivity index (χ3v) is 3.76. The molecule has 8 heteroatoms. The van der Waals surface area contributed by atoms with E-state index in [-0.39, 0.29) is 17.1 Å². The summed E-state index contributed by atoms with van der Waals surface area (Å²) in [5.41, 5.74) is 0.0890. The van der Waals surface area contributed by atoms with Gasteiger partial charge in [0.1, 0.15) is 5.75 Å². The van der Waals surface area contributed by atoms with Crippen LogP contribution in [0.1, 0.15) is 10.4 Å². The molecule has 0 aliphatic rings. The van der Waals surface area contributed by atoms with E-state index in [9.17, 15) is 20.0 Å². The fourth-order valence-corrected chi connectivity index (χ4v) is 2.83. The van der Waals surface area contributed by atoms with Crippen LogP contribution < -0.4 is 5.32 Å². The molecule has 0 aliphatic carbocycles. The lowest BCUT2D eigenvalue weighted by molar-refractivity contribution is -0.384.